The normalized spacial score (nSPS) is 14.6. The predicted octanol–water partition coefficient (Wildman–Crippen LogP) is 3.22. The van der Waals surface area contributed by atoms with Crippen molar-refractivity contribution in [1.82, 2.24) is 15.1 Å². The molecule has 1 fully saturated rings. The van der Waals surface area contributed by atoms with Gasteiger partial charge in [0, 0.05) is 57.4 Å². The molecule has 0 amide bonds. The van der Waals surface area contributed by atoms with Gasteiger partial charge in [-0.2, -0.15) is 0 Å². The molecule has 1 N–H and O–H groups in total. The average Bonchev–Trinajstić information content (AvgIpc) is 2.80. The Balaban J connectivity index is 0.00000341. The standard InChI is InChI=1S/C23H32N4O3.HI/c1-24-23(25-16-18-7-5-6-8-21(18)29-3)27-13-11-26(12-14-27)17-19-15-20(28-2)9-10-22(19)30-4;/h5-10,15H,11-14,16-17H2,1-4H3,(H,24,25);1H. The molecule has 2 aromatic carbocycles. The van der Waals surface area contributed by atoms with Gasteiger partial charge in [0.2, 0.25) is 0 Å². The van der Waals surface area contributed by atoms with Crippen molar-refractivity contribution in [3.8, 4) is 17.2 Å². The molecular formula is C23H33IN4O3. The second-order valence-corrected chi connectivity index (χ2v) is 7.15. The first kappa shape index (κ1) is 25.1. The van der Waals surface area contributed by atoms with Crippen molar-refractivity contribution in [1.29, 1.82) is 0 Å². The van der Waals surface area contributed by atoms with Crippen LogP contribution in [0.1, 0.15) is 11.1 Å². The number of halogens is 1. The molecule has 0 aromatic heterocycles. The number of aliphatic imine (C=N–C) groups is 1. The van der Waals surface area contributed by atoms with E-state index < -0.39 is 0 Å². The van der Waals surface area contributed by atoms with Gasteiger partial charge in [-0.1, -0.05) is 18.2 Å². The summed E-state index contributed by atoms with van der Waals surface area (Å²) in [6, 6.07) is 14.0. The lowest BCUT2D eigenvalue weighted by atomic mass is 10.1. The van der Waals surface area contributed by atoms with Gasteiger partial charge in [0.25, 0.3) is 0 Å². The molecule has 8 heteroatoms. The van der Waals surface area contributed by atoms with Gasteiger partial charge in [-0.25, -0.2) is 0 Å². The molecule has 2 aromatic rings. The molecule has 0 bridgehead atoms. The van der Waals surface area contributed by atoms with E-state index >= 15 is 0 Å². The maximum Gasteiger partial charge on any atom is 0.194 e. The molecule has 0 spiro atoms. The Labute approximate surface area is 202 Å². The molecule has 7 nitrogen and oxygen atoms in total. The third-order valence-corrected chi connectivity index (χ3v) is 5.39. The number of methoxy groups -OCH3 is 3. The lowest BCUT2D eigenvalue weighted by Crippen LogP contribution is -2.52. The van der Waals surface area contributed by atoms with E-state index in [2.05, 4.69) is 32.2 Å². The smallest absolute Gasteiger partial charge is 0.194 e. The van der Waals surface area contributed by atoms with Gasteiger partial charge >= 0.3 is 0 Å². The Bertz CT molecular complexity index is 854. The van der Waals surface area contributed by atoms with Crippen LogP contribution in [0.4, 0.5) is 0 Å². The summed E-state index contributed by atoms with van der Waals surface area (Å²) >= 11 is 0. The summed E-state index contributed by atoms with van der Waals surface area (Å²) in [5.41, 5.74) is 2.26. The number of hydrogen-bond acceptors (Lipinski definition) is 5. The molecule has 0 radical (unpaired) electrons. The van der Waals surface area contributed by atoms with Crippen LogP contribution in [0, 0.1) is 0 Å². The SMILES string of the molecule is CN=C(NCc1ccccc1OC)N1CCN(Cc2cc(OC)ccc2OC)CC1.I. The Kier molecular flexibility index (Phi) is 10.2. The summed E-state index contributed by atoms with van der Waals surface area (Å²) < 4.78 is 16.3. The second kappa shape index (κ2) is 12.6. The van der Waals surface area contributed by atoms with E-state index in [1.807, 2.05) is 37.4 Å². The highest BCUT2D eigenvalue weighted by Crippen LogP contribution is 2.25. The van der Waals surface area contributed by atoms with E-state index in [4.69, 9.17) is 14.2 Å². The van der Waals surface area contributed by atoms with Gasteiger partial charge in [-0.15, -0.1) is 24.0 Å². The summed E-state index contributed by atoms with van der Waals surface area (Å²) in [5, 5.41) is 3.47. The van der Waals surface area contributed by atoms with Crippen LogP contribution in [0.15, 0.2) is 47.5 Å². The molecule has 0 aliphatic carbocycles. The lowest BCUT2D eigenvalue weighted by Gasteiger charge is -2.36. The lowest BCUT2D eigenvalue weighted by molar-refractivity contribution is 0.171. The maximum atomic E-state index is 5.52. The fourth-order valence-electron chi connectivity index (χ4n) is 3.72. The number of nitrogens with one attached hydrogen (secondary N) is 1. The number of piperazine rings is 1. The van der Waals surface area contributed by atoms with E-state index in [9.17, 15) is 0 Å². The summed E-state index contributed by atoms with van der Waals surface area (Å²) in [6.07, 6.45) is 0. The predicted molar refractivity (Wildman–Crippen MR) is 135 cm³/mol. The summed E-state index contributed by atoms with van der Waals surface area (Å²) in [6.45, 7) is 5.25. The molecule has 1 saturated heterocycles. The topological polar surface area (TPSA) is 58.6 Å². The van der Waals surface area contributed by atoms with Crippen molar-refractivity contribution < 1.29 is 14.2 Å². The molecule has 31 heavy (non-hydrogen) atoms. The first-order chi connectivity index (χ1) is 14.7. The van der Waals surface area contributed by atoms with Crippen LogP contribution >= 0.6 is 24.0 Å². The quantitative estimate of drug-likeness (QED) is 0.331. The van der Waals surface area contributed by atoms with E-state index in [1.54, 1.807) is 21.3 Å². The van der Waals surface area contributed by atoms with Crippen LogP contribution in [0.25, 0.3) is 0 Å². The maximum absolute atomic E-state index is 5.52. The number of guanidine groups is 1. The zero-order chi connectivity index (χ0) is 21.3. The largest absolute Gasteiger partial charge is 0.497 e. The fraction of sp³-hybridized carbons (Fsp3) is 0.435. The molecule has 1 heterocycles. The van der Waals surface area contributed by atoms with Crippen molar-refractivity contribution in [2.75, 3.05) is 54.6 Å². The highest BCUT2D eigenvalue weighted by Gasteiger charge is 2.21. The zero-order valence-electron chi connectivity index (χ0n) is 18.8. The number of para-hydroxylation sites is 1. The van der Waals surface area contributed by atoms with E-state index in [1.165, 1.54) is 0 Å². The van der Waals surface area contributed by atoms with E-state index in [0.717, 1.165) is 67.1 Å². The summed E-state index contributed by atoms with van der Waals surface area (Å²) in [5.74, 6) is 3.55. The molecule has 0 saturated carbocycles. The Hall–Kier alpha value is -2.20. The minimum atomic E-state index is 0. The minimum Gasteiger partial charge on any atom is -0.497 e. The molecule has 0 unspecified atom stereocenters. The Morgan fingerprint density at radius 2 is 1.58 bits per heavy atom. The number of ether oxygens (including phenoxy) is 3. The first-order valence-electron chi connectivity index (χ1n) is 10.2. The fourth-order valence-corrected chi connectivity index (χ4v) is 3.72. The highest BCUT2D eigenvalue weighted by molar-refractivity contribution is 14.0. The second-order valence-electron chi connectivity index (χ2n) is 7.15. The molecule has 0 atom stereocenters. The highest BCUT2D eigenvalue weighted by atomic mass is 127. The van der Waals surface area contributed by atoms with Gasteiger partial charge in [-0.05, 0) is 24.3 Å². The molecule has 1 aliphatic heterocycles. The monoisotopic (exact) mass is 540 g/mol. The van der Waals surface area contributed by atoms with E-state index in [-0.39, 0.29) is 24.0 Å². The van der Waals surface area contributed by atoms with Gasteiger partial charge in [-0.3, -0.25) is 9.89 Å². The van der Waals surface area contributed by atoms with Gasteiger partial charge in [0.05, 0.1) is 21.3 Å². The van der Waals surface area contributed by atoms with Gasteiger partial charge < -0.3 is 24.4 Å². The van der Waals surface area contributed by atoms with Crippen LogP contribution in [-0.4, -0.2) is 70.3 Å². The van der Waals surface area contributed by atoms with Crippen molar-refractivity contribution in [3.05, 3.63) is 53.6 Å². The van der Waals surface area contributed by atoms with Crippen LogP contribution < -0.4 is 19.5 Å². The van der Waals surface area contributed by atoms with Crippen molar-refractivity contribution in [2.24, 2.45) is 4.99 Å². The first-order valence-corrected chi connectivity index (χ1v) is 10.2. The van der Waals surface area contributed by atoms with E-state index in [0.29, 0.717) is 6.54 Å². The zero-order valence-corrected chi connectivity index (χ0v) is 21.1. The number of hydrogen-bond donors (Lipinski definition) is 1. The minimum absolute atomic E-state index is 0. The summed E-state index contributed by atoms with van der Waals surface area (Å²) in [7, 11) is 6.93. The number of nitrogens with zero attached hydrogens (tertiary/aromatic N) is 3. The van der Waals surface area contributed by atoms with Gasteiger partial charge in [0.15, 0.2) is 5.96 Å². The van der Waals surface area contributed by atoms with Gasteiger partial charge in [0.1, 0.15) is 17.2 Å². The molecule has 1 aliphatic rings. The molecule has 3 rings (SSSR count). The summed E-state index contributed by atoms with van der Waals surface area (Å²) in [4.78, 5) is 9.21. The average molecular weight is 540 g/mol. The number of rotatable bonds is 7. The molecule has 170 valence electrons. The Morgan fingerprint density at radius 3 is 2.23 bits per heavy atom. The van der Waals surface area contributed by atoms with Crippen molar-refractivity contribution in [3.63, 3.8) is 0 Å². The van der Waals surface area contributed by atoms with Crippen molar-refractivity contribution >= 4 is 29.9 Å². The van der Waals surface area contributed by atoms with Crippen LogP contribution in [0.3, 0.4) is 0 Å². The van der Waals surface area contributed by atoms with Crippen LogP contribution in [0.5, 0.6) is 17.2 Å². The van der Waals surface area contributed by atoms with Crippen molar-refractivity contribution in [2.45, 2.75) is 13.1 Å². The molecular weight excluding hydrogens is 507 g/mol. The Morgan fingerprint density at radius 1 is 0.903 bits per heavy atom. The number of benzene rings is 2. The third kappa shape index (κ3) is 6.64. The van der Waals surface area contributed by atoms with Crippen LogP contribution in [0.2, 0.25) is 0 Å². The van der Waals surface area contributed by atoms with Crippen LogP contribution in [-0.2, 0) is 13.1 Å². The third-order valence-electron chi connectivity index (χ3n) is 5.39.